The van der Waals surface area contributed by atoms with Gasteiger partial charge in [-0.25, -0.2) is 0 Å². The fraction of sp³-hybridized carbons (Fsp3) is 0.0909. The maximum absolute atomic E-state index is 6.49. The Morgan fingerprint density at radius 1 is 0.750 bits per heavy atom. The normalized spacial score (nSPS) is 11.9. The zero-order valence-electron chi connectivity index (χ0n) is 13.7. The van der Waals surface area contributed by atoms with E-state index in [1.54, 1.807) is 0 Å². The lowest BCUT2D eigenvalue weighted by molar-refractivity contribution is 0.558. The Balaban J connectivity index is 1.99. The molecule has 0 saturated carbocycles. The summed E-state index contributed by atoms with van der Waals surface area (Å²) >= 11 is 0. The van der Waals surface area contributed by atoms with Gasteiger partial charge in [0.2, 0.25) is 0 Å². The second-order valence-electron chi connectivity index (χ2n) is 5.79. The first kappa shape index (κ1) is 16.3. The fourth-order valence-corrected chi connectivity index (χ4v) is 5.68. The van der Waals surface area contributed by atoms with Gasteiger partial charge in [0.1, 0.15) is 5.75 Å². The van der Waals surface area contributed by atoms with Crippen molar-refractivity contribution < 1.29 is 4.43 Å². The van der Waals surface area contributed by atoms with E-state index >= 15 is 0 Å². The average Bonchev–Trinajstić information content (AvgIpc) is 2.65. The van der Waals surface area contributed by atoms with E-state index < -0.39 is 9.04 Å². The summed E-state index contributed by atoms with van der Waals surface area (Å²) < 4.78 is 6.49. The van der Waals surface area contributed by atoms with Crippen LogP contribution >= 0.6 is 0 Å². The van der Waals surface area contributed by atoms with Crippen LogP contribution in [0.3, 0.4) is 0 Å². The molecular formula is C22H22OSi. The molecule has 0 fully saturated rings. The highest BCUT2D eigenvalue weighted by atomic mass is 28.3. The zero-order chi connectivity index (χ0) is 16.6. The molecule has 3 rings (SSSR count). The molecule has 0 spiro atoms. The Kier molecular flexibility index (Phi) is 5.64. The van der Waals surface area contributed by atoms with Gasteiger partial charge >= 0.3 is 0 Å². The second-order valence-corrected chi connectivity index (χ2v) is 8.24. The van der Waals surface area contributed by atoms with Gasteiger partial charge in [-0.05, 0) is 29.3 Å². The maximum atomic E-state index is 6.49. The van der Waals surface area contributed by atoms with Crippen molar-refractivity contribution in [1.82, 2.24) is 0 Å². The van der Waals surface area contributed by atoms with Crippen LogP contribution in [0, 0.1) is 0 Å². The van der Waals surface area contributed by atoms with Gasteiger partial charge in [0.25, 0.3) is 9.04 Å². The minimum Gasteiger partial charge on any atom is -0.545 e. The second kappa shape index (κ2) is 8.32. The van der Waals surface area contributed by atoms with E-state index in [2.05, 4.69) is 67.2 Å². The van der Waals surface area contributed by atoms with Crippen LogP contribution in [0.25, 0.3) is 0 Å². The van der Waals surface area contributed by atoms with Gasteiger partial charge < -0.3 is 4.43 Å². The molecule has 0 saturated heterocycles. The van der Waals surface area contributed by atoms with E-state index in [0.29, 0.717) is 5.54 Å². The summed E-state index contributed by atoms with van der Waals surface area (Å²) in [6.45, 7) is 3.97. The number of para-hydroxylation sites is 1. The van der Waals surface area contributed by atoms with Crippen LogP contribution in [0.5, 0.6) is 5.75 Å². The predicted molar refractivity (Wildman–Crippen MR) is 104 cm³/mol. The molecule has 3 aromatic rings. The molecule has 0 aliphatic carbocycles. The quantitative estimate of drug-likeness (QED) is 0.419. The fourth-order valence-electron chi connectivity index (χ4n) is 3.03. The average molecular weight is 331 g/mol. The molecule has 0 radical (unpaired) electrons. The number of hydrogen-bond donors (Lipinski definition) is 0. The topological polar surface area (TPSA) is 9.23 Å². The molecule has 0 amide bonds. The van der Waals surface area contributed by atoms with Crippen LogP contribution in [0.2, 0.25) is 6.04 Å². The maximum Gasteiger partial charge on any atom is 0.250 e. The van der Waals surface area contributed by atoms with E-state index in [1.807, 2.05) is 36.4 Å². The Labute approximate surface area is 146 Å². The van der Waals surface area contributed by atoms with Gasteiger partial charge in [-0.1, -0.05) is 84.9 Å². The number of hydrogen-bond acceptors (Lipinski definition) is 1. The molecule has 1 nitrogen and oxygen atoms in total. The third-order valence-electron chi connectivity index (χ3n) is 4.12. The molecule has 0 aliphatic heterocycles. The Morgan fingerprint density at radius 3 is 1.67 bits per heavy atom. The lowest BCUT2D eigenvalue weighted by atomic mass is 10.0. The highest BCUT2D eigenvalue weighted by Crippen LogP contribution is 2.30. The van der Waals surface area contributed by atoms with Crippen LogP contribution in [0.15, 0.2) is 104 Å². The summed E-state index contributed by atoms with van der Waals surface area (Å²) in [5, 5.41) is 0. The van der Waals surface area contributed by atoms with Gasteiger partial charge in [-0.3, -0.25) is 0 Å². The number of allylic oxidation sites excluding steroid dienone is 1. The van der Waals surface area contributed by atoms with Crippen molar-refractivity contribution in [3.8, 4) is 5.75 Å². The van der Waals surface area contributed by atoms with Gasteiger partial charge in [0.05, 0.1) is 0 Å². The van der Waals surface area contributed by atoms with Crippen LogP contribution in [0.1, 0.15) is 16.7 Å². The molecule has 1 unspecified atom stereocenters. The largest absolute Gasteiger partial charge is 0.545 e. The Bertz CT molecular complexity index is 701. The monoisotopic (exact) mass is 330 g/mol. The van der Waals surface area contributed by atoms with E-state index in [0.717, 1.165) is 11.8 Å². The Morgan fingerprint density at radius 2 is 1.21 bits per heavy atom. The van der Waals surface area contributed by atoms with Crippen molar-refractivity contribution in [3.63, 3.8) is 0 Å². The SMILES string of the molecule is C=CC[SiH](Oc1ccccc1)C(c1ccccc1)c1ccccc1. The third-order valence-corrected chi connectivity index (χ3v) is 7.01. The summed E-state index contributed by atoms with van der Waals surface area (Å²) in [5.41, 5.74) is 2.93. The molecule has 0 bridgehead atoms. The van der Waals surface area contributed by atoms with Crippen molar-refractivity contribution in [2.75, 3.05) is 0 Å². The summed E-state index contributed by atoms with van der Waals surface area (Å²) in [6.07, 6.45) is 2.00. The molecular weight excluding hydrogens is 308 g/mol. The number of rotatable bonds is 7. The molecule has 0 aromatic heterocycles. The van der Waals surface area contributed by atoms with Gasteiger partial charge in [0, 0.05) is 5.54 Å². The number of benzene rings is 3. The molecule has 0 N–H and O–H groups in total. The van der Waals surface area contributed by atoms with Crippen molar-refractivity contribution in [3.05, 3.63) is 115 Å². The van der Waals surface area contributed by atoms with Crippen molar-refractivity contribution in [2.45, 2.75) is 11.6 Å². The smallest absolute Gasteiger partial charge is 0.250 e. The van der Waals surface area contributed by atoms with Crippen LogP contribution in [-0.2, 0) is 0 Å². The first-order valence-corrected chi connectivity index (χ1v) is 10.3. The highest BCUT2D eigenvalue weighted by molar-refractivity contribution is 6.56. The Hall–Kier alpha value is -2.58. The molecule has 0 aliphatic rings. The van der Waals surface area contributed by atoms with E-state index in [-0.39, 0.29) is 0 Å². The van der Waals surface area contributed by atoms with Crippen LogP contribution in [0.4, 0.5) is 0 Å². The van der Waals surface area contributed by atoms with Gasteiger partial charge in [-0.15, -0.1) is 6.58 Å². The lowest BCUT2D eigenvalue weighted by Gasteiger charge is -2.27. The van der Waals surface area contributed by atoms with E-state index in [4.69, 9.17) is 4.43 Å². The van der Waals surface area contributed by atoms with Crippen molar-refractivity contribution >= 4 is 9.04 Å². The zero-order valence-corrected chi connectivity index (χ0v) is 14.9. The van der Waals surface area contributed by atoms with E-state index in [1.165, 1.54) is 11.1 Å². The lowest BCUT2D eigenvalue weighted by Crippen LogP contribution is -2.31. The standard InChI is InChI=1S/C22H22OSi/c1-2-18-24(23-21-16-10-5-11-17-21)22(19-12-6-3-7-13-19)20-14-8-4-9-15-20/h2-17,22,24H,1,18H2. The van der Waals surface area contributed by atoms with E-state index in [9.17, 15) is 0 Å². The molecule has 0 heterocycles. The van der Waals surface area contributed by atoms with Gasteiger partial charge in [0.15, 0.2) is 0 Å². The molecule has 24 heavy (non-hydrogen) atoms. The molecule has 2 heteroatoms. The summed E-state index contributed by atoms with van der Waals surface area (Å²) in [5.74, 6) is 0.952. The van der Waals surface area contributed by atoms with Crippen molar-refractivity contribution in [1.29, 1.82) is 0 Å². The first-order chi connectivity index (χ1) is 11.9. The van der Waals surface area contributed by atoms with Gasteiger partial charge in [-0.2, -0.15) is 0 Å². The summed E-state index contributed by atoms with van der Waals surface area (Å²) in [6, 6.07) is 32.4. The van der Waals surface area contributed by atoms with Crippen molar-refractivity contribution in [2.24, 2.45) is 0 Å². The van der Waals surface area contributed by atoms with Crippen LogP contribution in [-0.4, -0.2) is 9.04 Å². The minimum absolute atomic E-state index is 0.297. The first-order valence-electron chi connectivity index (χ1n) is 8.31. The summed E-state index contributed by atoms with van der Waals surface area (Å²) in [7, 11) is -1.65. The predicted octanol–water partition coefficient (Wildman–Crippen LogP) is 5.35. The third kappa shape index (κ3) is 4.03. The molecule has 3 aromatic carbocycles. The summed E-state index contributed by atoms with van der Waals surface area (Å²) in [4.78, 5) is 0. The molecule has 1 atom stereocenters. The highest BCUT2D eigenvalue weighted by Gasteiger charge is 2.28. The minimum atomic E-state index is -1.65. The van der Waals surface area contributed by atoms with Crippen LogP contribution < -0.4 is 4.43 Å². The molecule has 120 valence electrons.